The first-order valence-electron chi connectivity index (χ1n) is 8.39. The predicted molar refractivity (Wildman–Crippen MR) is 93.5 cm³/mol. The predicted octanol–water partition coefficient (Wildman–Crippen LogP) is 1.06. The monoisotopic (exact) mass is 353 g/mol. The number of rotatable bonds is 3. The third kappa shape index (κ3) is 2.20. The number of hydrogen-bond donors (Lipinski definition) is 2. The van der Waals surface area contributed by atoms with Gasteiger partial charge in [-0.25, -0.2) is 19.3 Å². The van der Waals surface area contributed by atoms with Crippen molar-refractivity contribution in [3.8, 4) is 0 Å². The molecule has 1 amide bonds. The van der Waals surface area contributed by atoms with Crippen molar-refractivity contribution in [2.45, 2.75) is 18.5 Å². The molecular formula is C17H16FN7O. The lowest BCUT2D eigenvalue weighted by Crippen LogP contribution is -2.47. The number of benzene rings is 1. The summed E-state index contributed by atoms with van der Waals surface area (Å²) in [6.07, 6.45) is 3.34. The topological polar surface area (TPSA) is 104 Å². The Morgan fingerprint density at radius 2 is 1.92 bits per heavy atom. The molecule has 2 aliphatic heterocycles. The molecule has 8 nitrogen and oxygen atoms in total. The number of carbonyl (C=O) groups is 1. The number of nitrogens with one attached hydrogen (secondary N) is 1. The Bertz CT molecular complexity index is 1000. The Labute approximate surface area is 147 Å². The average Bonchev–Trinajstić information content (AvgIpc) is 3.34. The van der Waals surface area contributed by atoms with Gasteiger partial charge in [-0.05, 0) is 18.6 Å². The van der Waals surface area contributed by atoms with Gasteiger partial charge in [0, 0.05) is 13.1 Å². The van der Waals surface area contributed by atoms with Gasteiger partial charge >= 0.3 is 0 Å². The van der Waals surface area contributed by atoms with Crippen LogP contribution >= 0.6 is 0 Å². The van der Waals surface area contributed by atoms with Crippen LogP contribution in [-0.2, 0) is 0 Å². The van der Waals surface area contributed by atoms with Crippen LogP contribution in [0, 0.1) is 5.82 Å². The molecule has 2 aliphatic rings. The Kier molecular flexibility index (Phi) is 3.12. The van der Waals surface area contributed by atoms with E-state index in [4.69, 9.17) is 5.73 Å². The number of anilines is 2. The summed E-state index contributed by atoms with van der Waals surface area (Å²) < 4.78 is 13.0. The molecule has 9 heteroatoms. The van der Waals surface area contributed by atoms with Gasteiger partial charge in [0.05, 0.1) is 35.6 Å². The summed E-state index contributed by atoms with van der Waals surface area (Å²) in [5, 5.41) is 0. The van der Waals surface area contributed by atoms with Crippen molar-refractivity contribution in [1.82, 2.24) is 19.9 Å². The number of H-pyrrole nitrogens is 1. The Hall–Kier alpha value is -3.23. The first kappa shape index (κ1) is 15.1. The molecule has 2 fully saturated rings. The highest BCUT2D eigenvalue weighted by atomic mass is 19.1. The number of amides is 1. The fraction of sp³-hybridized carbons (Fsp3) is 0.294. The number of piperazine rings is 1. The largest absolute Gasteiger partial charge is 0.366 e. The van der Waals surface area contributed by atoms with Gasteiger partial charge in [-0.1, -0.05) is 6.07 Å². The molecule has 0 radical (unpaired) electrons. The molecule has 2 saturated heterocycles. The number of halogens is 1. The van der Waals surface area contributed by atoms with Gasteiger partial charge in [0.2, 0.25) is 11.9 Å². The molecule has 2 bridgehead atoms. The molecule has 5 rings (SSSR count). The normalized spacial score (nSPS) is 21.7. The number of aromatic nitrogens is 4. The summed E-state index contributed by atoms with van der Waals surface area (Å²) in [6, 6.07) is 5.85. The van der Waals surface area contributed by atoms with Gasteiger partial charge in [0.15, 0.2) is 5.82 Å². The molecule has 1 aromatic carbocycles. The van der Waals surface area contributed by atoms with E-state index in [0.29, 0.717) is 17.0 Å². The van der Waals surface area contributed by atoms with Gasteiger partial charge in [-0.3, -0.25) is 4.79 Å². The summed E-state index contributed by atoms with van der Waals surface area (Å²) in [6.45, 7) is 1.51. The number of nitrogens with zero attached hydrogens (tertiary/aromatic N) is 5. The number of aromatic amines is 1. The second-order valence-corrected chi connectivity index (χ2v) is 6.68. The van der Waals surface area contributed by atoms with Crippen molar-refractivity contribution in [2.24, 2.45) is 5.73 Å². The summed E-state index contributed by atoms with van der Waals surface area (Å²) in [4.78, 5) is 32.0. The second kappa shape index (κ2) is 5.38. The highest BCUT2D eigenvalue weighted by Crippen LogP contribution is 2.35. The lowest BCUT2D eigenvalue weighted by molar-refractivity contribution is 0.100. The van der Waals surface area contributed by atoms with E-state index in [1.54, 1.807) is 12.1 Å². The van der Waals surface area contributed by atoms with E-state index in [1.165, 1.54) is 12.4 Å². The lowest BCUT2D eigenvalue weighted by Gasteiger charge is -2.33. The van der Waals surface area contributed by atoms with Crippen LogP contribution in [0.2, 0.25) is 0 Å². The third-order valence-corrected chi connectivity index (χ3v) is 5.14. The van der Waals surface area contributed by atoms with Crippen LogP contribution in [0.15, 0.2) is 30.6 Å². The summed E-state index contributed by atoms with van der Waals surface area (Å²) in [7, 11) is 0. The molecular weight excluding hydrogens is 337 g/mol. The Morgan fingerprint density at radius 3 is 2.62 bits per heavy atom. The second-order valence-electron chi connectivity index (χ2n) is 6.68. The van der Waals surface area contributed by atoms with Crippen molar-refractivity contribution in [3.63, 3.8) is 0 Å². The molecule has 0 aliphatic carbocycles. The molecule has 0 unspecified atom stereocenters. The molecule has 26 heavy (non-hydrogen) atoms. The smallest absolute Gasteiger partial charge is 0.250 e. The molecule has 132 valence electrons. The van der Waals surface area contributed by atoms with E-state index in [1.807, 2.05) is 6.07 Å². The Morgan fingerprint density at radius 1 is 1.19 bits per heavy atom. The number of nitrogens with two attached hydrogens (primary N) is 1. The van der Waals surface area contributed by atoms with Gasteiger partial charge in [0.1, 0.15) is 5.52 Å². The third-order valence-electron chi connectivity index (χ3n) is 5.14. The molecule has 3 aromatic rings. The number of primary amides is 1. The minimum Gasteiger partial charge on any atom is -0.366 e. The fourth-order valence-electron chi connectivity index (χ4n) is 3.98. The summed E-state index contributed by atoms with van der Waals surface area (Å²) in [5.74, 6) is 0.364. The molecule has 0 spiro atoms. The van der Waals surface area contributed by atoms with Crippen molar-refractivity contribution in [2.75, 3.05) is 22.9 Å². The maximum absolute atomic E-state index is 13.0. The van der Waals surface area contributed by atoms with Crippen molar-refractivity contribution in [3.05, 3.63) is 42.0 Å². The summed E-state index contributed by atoms with van der Waals surface area (Å²) >= 11 is 0. The molecule has 3 N–H and O–H groups in total. The number of hydrogen-bond acceptors (Lipinski definition) is 6. The van der Waals surface area contributed by atoms with Crippen LogP contribution in [0.5, 0.6) is 0 Å². The average molecular weight is 353 g/mol. The minimum absolute atomic E-state index is 0.245. The van der Waals surface area contributed by atoms with Crippen LogP contribution in [0.25, 0.3) is 11.0 Å². The first-order valence-corrected chi connectivity index (χ1v) is 8.39. The van der Waals surface area contributed by atoms with E-state index in [0.717, 1.165) is 31.0 Å². The maximum atomic E-state index is 13.0. The highest BCUT2D eigenvalue weighted by molar-refractivity contribution is 6.04. The van der Waals surface area contributed by atoms with Crippen LogP contribution in [0.4, 0.5) is 16.3 Å². The number of fused-ring (bicyclic) bond motifs is 3. The number of carbonyl (C=O) groups excluding carboxylic acids is 1. The van der Waals surface area contributed by atoms with E-state index in [-0.39, 0.29) is 12.1 Å². The zero-order valence-electron chi connectivity index (χ0n) is 13.8. The van der Waals surface area contributed by atoms with E-state index < -0.39 is 11.7 Å². The summed E-state index contributed by atoms with van der Waals surface area (Å²) in [5.41, 5.74) is 7.24. The van der Waals surface area contributed by atoms with Gasteiger partial charge < -0.3 is 20.5 Å². The van der Waals surface area contributed by atoms with Crippen LogP contribution in [0.1, 0.15) is 16.8 Å². The standard InChI is InChI=1S/C17H16FN7O/c18-9-5-20-16(21-6-9)24-7-11-4-10(24)8-25(11)17-22-13-3-1-2-12(15(19)26)14(13)23-17/h1-3,5-6,10-11H,4,7-8H2,(H2,19,26)(H,22,23)/t10-,11+/m0/s1. The SMILES string of the molecule is NC(=O)c1cccc2[nH]c(N3C[C@@H]4C[C@@H]3CN4c3ncc(F)cn3)nc12. The van der Waals surface area contributed by atoms with Gasteiger partial charge in [-0.2, -0.15) is 0 Å². The quantitative estimate of drug-likeness (QED) is 0.730. The Balaban J connectivity index is 1.42. The van der Waals surface area contributed by atoms with Crippen molar-refractivity contribution in [1.29, 1.82) is 0 Å². The van der Waals surface area contributed by atoms with E-state index in [9.17, 15) is 9.18 Å². The minimum atomic E-state index is -0.490. The van der Waals surface area contributed by atoms with E-state index >= 15 is 0 Å². The number of imidazole rings is 1. The van der Waals surface area contributed by atoms with Crippen LogP contribution in [0.3, 0.4) is 0 Å². The maximum Gasteiger partial charge on any atom is 0.250 e. The molecule has 2 atom stereocenters. The van der Waals surface area contributed by atoms with Crippen LogP contribution in [-0.4, -0.2) is 51.0 Å². The molecule has 2 aromatic heterocycles. The zero-order valence-corrected chi connectivity index (χ0v) is 13.8. The van der Waals surface area contributed by atoms with Crippen molar-refractivity contribution < 1.29 is 9.18 Å². The van der Waals surface area contributed by atoms with Crippen molar-refractivity contribution >= 4 is 28.8 Å². The molecule has 4 heterocycles. The van der Waals surface area contributed by atoms with E-state index in [2.05, 4.69) is 29.7 Å². The first-order chi connectivity index (χ1) is 12.6. The fourth-order valence-corrected chi connectivity index (χ4v) is 3.98. The molecule has 0 saturated carbocycles. The highest BCUT2D eigenvalue weighted by Gasteiger charge is 2.45. The number of para-hydroxylation sites is 1. The van der Waals surface area contributed by atoms with Gasteiger partial charge in [0.25, 0.3) is 5.91 Å². The van der Waals surface area contributed by atoms with Crippen LogP contribution < -0.4 is 15.5 Å². The zero-order chi connectivity index (χ0) is 17.8. The lowest BCUT2D eigenvalue weighted by atomic mass is 10.2. The van der Waals surface area contributed by atoms with Gasteiger partial charge in [-0.15, -0.1) is 0 Å².